The van der Waals surface area contributed by atoms with Crippen molar-refractivity contribution in [2.75, 3.05) is 13.1 Å². The van der Waals surface area contributed by atoms with Crippen molar-refractivity contribution in [1.29, 1.82) is 0 Å². The van der Waals surface area contributed by atoms with Crippen LogP contribution >= 0.6 is 11.9 Å². The number of hydrogen-bond acceptors (Lipinski definition) is 6. The number of alkyl halides is 3. The van der Waals surface area contributed by atoms with E-state index in [2.05, 4.69) is 19.2 Å². The van der Waals surface area contributed by atoms with E-state index >= 15 is 0 Å². The molecule has 2 heterocycles. The summed E-state index contributed by atoms with van der Waals surface area (Å²) in [5, 5.41) is 4.11. The second-order valence-corrected chi connectivity index (χ2v) is 7.17. The molecule has 0 bridgehead atoms. The first-order chi connectivity index (χ1) is 13.4. The number of piperidine rings is 1. The van der Waals surface area contributed by atoms with Crippen LogP contribution in [0.2, 0.25) is 0 Å². The van der Waals surface area contributed by atoms with Crippen LogP contribution in [-0.2, 0) is 11.4 Å². The monoisotopic (exact) mass is 413 g/mol. The van der Waals surface area contributed by atoms with Gasteiger partial charge in [-0.05, 0) is 48.3 Å². The molecule has 1 saturated heterocycles. The quantitative estimate of drug-likeness (QED) is 0.574. The van der Waals surface area contributed by atoms with Crippen molar-refractivity contribution < 1.29 is 22.7 Å². The topological polar surface area (TPSA) is 66.9 Å². The first kappa shape index (κ1) is 20.3. The van der Waals surface area contributed by atoms with Gasteiger partial charge in [0, 0.05) is 37.0 Å². The molecule has 28 heavy (non-hydrogen) atoms. The van der Waals surface area contributed by atoms with Crippen LogP contribution in [0.25, 0.3) is 0 Å². The van der Waals surface area contributed by atoms with Crippen molar-refractivity contribution in [3.05, 3.63) is 58.5 Å². The molecule has 1 aromatic carbocycles. The molecule has 3 rings (SSSR count). The Bertz CT molecular complexity index is 859. The molecular formula is C18H18F3N3O3S. The molecular weight excluding hydrogens is 395 g/mol. The molecule has 0 atom stereocenters. The molecule has 0 amide bonds. The van der Waals surface area contributed by atoms with Crippen molar-refractivity contribution in [1.82, 2.24) is 9.29 Å². The fourth-order valence-electron chi connectivity index (χ4n) is 2.54. The van der Waals surface area contributed by atoms with E-state index in [1.807, 2.05) is 0 Å². The molecule has 1 N–H and O–H groups in total. The Balaban J connectivity index is 1.44. The second-order valence-electron chi connectivity index (χ2n) is 5.99. The van der Waals surface area contributed by atoms with Gasteiger partial charge in [-0.3, -0.25) is 4.79 Å². The summed E-state index contributed by atoms with van der Waals surface area (Å²) in [7, 11) is 0. The Hall–Kier alpha value is -2.46. The molecule has 2 aromatic rings. The minimum atomic E-state index is -4.69. The van der Waals surface area contributed by atoms with E-state index in [-0.39, 0.29) is 17.9 Å². The summed E-state index contributed by atoms with van der Waals surface area (Å²) >= 11 is 1.47. The predicted octanol–water partition coefficient (Wildman–Crippen LogP) is 3.95. The van der Waals surface area contributed by atoms with Crippen molar-refractivity contribution in [3.8, 4) is 5.75 Å². The van der Waals surface area contributed by atoms with Gasteiger partial charge in [-0.2, -0.15) is 0 Å². The Morgan fingerprint density at radius 1 is 1.14 bits per heavy atom. The number of benzene rings is 1. The van der Waals surface area contributed by atoms with Crippen LogP contribution in [0.15, 0.2) is 57.4 Å². The van der Waals surface area contributed by atoms with Gasteiger partial charge in [-0.25, -0.2) is 4.31 Å². The summed E-state index contributed by atoms with van der Waals surface area (Å²) in [5.41, 5.74) is 1.23. The normalized spacial score (nSPS) is 15.3. The zero-order valence-electron chi connectivity index (χ0n) is 14.7. The number of pyridine rings is 1. The van der Waals surface area contributed by atoms with Gasteiger partial charge in [0.2, 0.25) is 0 Å². The zero-order valence-corrected chi connectivity index (χ0v) is 15.6. The average Bonchev–Trinajstić information content (AvgIpc) is 2.65. The van der Waals surface area contributed by atoms with Crippen molar-refractivity contribution >= 4 is 17.7 Å². The minimum Gasteiger partial charge on any atom is -0.406 e. The van der Waals surface area contributed by atoms with E-state index in [1.54, 1.807) is 30.5 Å². The van der Waals surface area contributed by atoms with Gasteiger partial charge in [-0.1, -0.05) is 5.16 Å². The van der Waals surface area contributed by atoms with Gasteiger partial charge in [0.15, 0.2) is 0 Å². The van der Waals surface area contributed by atoms with Gasteiger partial charge in [0.05, 0.1) is 11.3 Å². The molecule has 1 aliphatic heterocycles. The van der Waals surface area contributed by atoms with E-state index in [0.29, 0.717) is 18.4 Å². The van der Waals surface area contributed by atoms with E-state index < -0.39 is 6.36 Å². The number of hydrogen-bond donors (Lipinski definition) is 1. The third kappa shape index (κ3) is 6.31. The van der Waals surface area contributed by atoms with E-state index in [0.717, 1.165) is 23.7 Å². The molecule has 1 aromatic heterocycles. The summed E-state index contributed by atoms with van der Waals surface area (Å²) in [6.45, 7) is 1.59. The number of nitrogens with one attached hydrogen (secondary N) is 1. The number of nitrogens with zero attached hydrogens (tertiary/aromatic N) is 2. The molecule has 1 aliphatic rings. The maximum Gasteiger partial charge on any atom is 0.573 e. The van der Waals surface area contributed by atoms with Gasteiger partial charge < -0.3 is 14.6 Å². The maximum absolute atomic E-state index is 12.2. The summed E-state index contributed by atoms with van der Waals surface area (Å²) in [4.78, 5) is 20.2. The molecule has 0 spiro atoms. The summed E-state index contributed by atoms with van der Waals surface area (Å²) < 4.78 is 42.5. The van der Waals surface area contributed by atoms with Crippen LogP contribution in [0.5, 0.6) is 5.75 Å². The predicted molar refractivity (Wildman–Crippen MR) is 99.1 cm³/mol. The van der Waals surface area contributed by atoms with E-state index in [9.17, 15) is 18.0 Å². The minimum absolute atomic E-state index is 0.116. The number of H-pyrrole nitrogens is 1. The van der Waals surface area contributed by atoms with Gasteiger partial charge in [0.1, 0.15) is 12.4 Å². The zero-order chi connectivity index (χ0) is 20.0. The highest BCUT2D eigenvalue weighted by atomic mass is 32.2. The lowest BCUT2D eigenvalue weighted by Crippen LogP contribution is -2.28. The Morgan fingerprint density at radius 2 is 1.86 bits per heavy atom. The third-order valence-corrected chi connectivity index (χ3v) is 5.01. The Kier molecular flexibility index (Phi) is 6.63. The summed E-state index contributed by atoms with van der Waals surface area (Å²) in [6.07, 6.45) is -1.70. The van der Waals surface area contributed by atoms with Crippen molar-refractivity contribution in [2.24, 2.45) is 5.16 Å². The number of aromatic amines is 1. The highest BCUT2D eigenvalue weighted by molar-refractivity contribution is 7.97. The van der Waals surface area contributed by atoms with Crippen LogP contribution in [0, 0.1) is 0 Å². The molecule has 10 heteroatoms. The molecule has 150 valence electrons. The number of aromatic nitrogens is 1. The van der Waals surface area contributed by atoms with Gasteiger partial charge >= 0.3 is 6.36 Å². The lowest BCUT2D eigenvalue weighted by molar-refractivity contribution is -0.274. The second kappa shape index (κ2) is 9.16. The fourth-order valence-corrected chi connectivity index (χ4v) is 3.46. The molecule has 0 aliphatic carbocycles. The van der Waals surface area contributed by atoms with Crippen LogP contribution in [0.4, 0.5) is 13.2 Å². The SMILES string of the molecule is O=c1[nH]cccc1CON=C1CCN(Sc2ccc(OC(F)(F)F)cc2)CC1. The number of rotatable bonds is 6. The number of halogens is 3. The first-order valence-electron chi connectivity index (χ1n) is 8.52. The molecule has 0 radical (unpaired) electrons. The molecule has 0 saturated carbocycles. The van der Waals surface area contributed by atoms with Crippen LogP contribution in [0.3, 0.4) is 0 Å². The van der Waals surface area contributed by atoms with E-state index in [1.165, 1.54) is 24.1 Å². The lowest BCUT2D eigenvalue weighted by atomic mass is 10.1. The lowest BCUT2D eigenvalue weighted by Gasteiger charge is -2.26. The summed E-state index contributed by atoms with van der Waals surface area (Å²) in [6, 6.07) is 9.19. The van der Waals surface area contributed by atoms with Crippen molar-refractivity contribution in [2.45, 2.75) is 30.7 Å². The standard InChI is InChI=1S/C18H18F3N3O3S/c19-18(20,21)27-15-3-5-16(6-4-15)28-24-10-7-14(8-11-24)23-26-12-13-2-1-9-22-17(13)25/h1-6,9H,7-8,10-12H2,(H,22,25). The van der Waals surface area contributed by atoms with Crippen LogP contribution in [-0.4, -0.2) is 34.5 Å². The largest absolute Gasteiger partial charge is 0.573 e. The number of ether oxygens (including phenoxy) is 1. The van der Waals surface area contributed by atoms with Crippen LogP contribution < -0.4 is 10.3 Å². The number of oxime groups is 1. The maximum atomic E-state index is 12.2. The Morgan fingerprint density at radius 3 is 2.50 bits per heavy atom. The first-order valence-corrected chi connectivity index (χ1v) is 9.29. The smallest absolute Gasteiger partial charge is 0.406 e. The van der Waals surface area contributed by atoms with Gasteiger partial charge in [0.25, 0.3) is 5.56 Å². The molecule has 1 fully saturated rings. The highest BCUT2D eigenvalue weighted by Gasteiger charge is 2.31. The molecule has 0 unspecified atom stereocenters. The third-order valence-electron chi connectivity index (χ3n) is 3.90. The van der Waals surface area contributed by atoms with E-state index in [4.69, 9.17) is 4.84 Å². The van der Waals surface area contributed by atoms with Gasteiger partial charge in [-0.15, -0.1) is 13.2 Å². The average molecular weight is 413 g/mol. The Labute approximate surface area is 163 Å². The van der Waals surface area contributed by atoms with Crippen molar-refractivity contribution in [3.63, 3.8) is 0 Å². The fraction of sp³-hybridized carbons (Fsp3) is 0.333. The summed E-state index contributed by atoms with van der Waals surface area (Å²) in [5.74, 6) is -0.237. The van der Waals surface area contributed by atoms with Crippen LogP contribution in [0.1, 0.15) is 18.4 Å². The highest BCUT2D eigenvalue weighted by Crippen LogP contribution is 2.29. The molecule has 6 nitrogen and oxygen atoms in total.